The van der Waals surface area contributed by atoms with E-state index in [0.29, 0.717) is 16.6 Å². The van der Waals surface area contributed by atoms with Crippen LogP contribution in [0.1, 0.15) is 55.7 Å². The molecule has 0 radical (unpaired) electrons. The summed E-state index contributed by atoms with van der Waals surface area (Å²) in [6.07, 6.45) is 1.57. The molecule has 0 atom stereocenters. The quantitative estimate of drug-likeness (QED) is 0.633. The zero-order valence-corrected chi connectivity index (χ0v) is 16.8. The van der Waals surface area contributed by atoms with E-state index in [9.17, 15) is 14.0 Å². The predicted molar refractivity (Wildman–Crippen MR) is 107 cm³/mol. The van der Waals surface area contributed by atoms with Crippen molar-refractivity contribution in [3.05, 3.63) is 53.6 Å². The van der Waals surface area contributed by atoms with Gasteiger partial charge >= 0.3 is 5.97 Å². The molecule has 0 aliphatic carbocycles. The Kier molecular flexibility index (Phi) is 5.91. The third-order valence-electron chi connectivity index (χ3n) is 4.37. The molecular formula is C21H23FN4O3. The molecule has 0 aliphatic rings. The summed E-state index contributed by atoms with van der Waals surface area (Å²) in [6, 6.07) is 7.50. The first-order valence-corrected chi connectivity index (χ1v) is 9.37. The highest BCUT2D eigenvalue weighted by atomic mass is 19.1. The summed E-state index contributed by atoms with van der Waals surface area (Å²) in [7, 11) is 0. The standard InChI is InChI=1S/C21H23FN4O3/c1-12(2)18-9-14(15-10-23-26(13(3)4)20(15)25-18)21(28)29-11-19(27)24-17-8-6-5-7-16(17)22/h5-10,12-13H,11H2,1-4H3,(H,24,27). The lowest BCUT2D eigenvalue weighted by Crippen LogP contribution is -2.21. The predicted octanol–water partition coefficient (Wildman–Crippen LogP) is 4.07. The summed E-state index contributed by atoms with van der Waals surface area (Å²) in [5.41, 5.74) is 1.64. The highest BCUT2D eigenvalue weighted by molar-refractivity contribution is 6.03. The third kappa shape index (κ3) is 4.42. The van der Waals surface area contributed by atoms with Gasteiger partial charge in [0.25, 0.3) is 5.91 Å². The number of hydrogen-bond donors (Lipinski definition) is 1. The van der Waals surface area contributed by atoms with E-state index in [-0.39, 0.29) is 17.6 Å². The number of benzene rings is 1. The van der Waals surface area contributed by atoms with Crippen molar-refractivity contribution in [2.24, 2.45) is 0 Å². The normalized spacial score (nSPS) is 11.3. The first kappa shape index (κ1) is 20.4. The minimum Gasteiger partial charge on any atom is -0.452 e. The van der Waals surface area contributed by atoms with Crippen molar-refractivity contribution in [3.63, 3.8) is 0 Å². The SMILES string of the molecule is CC(C)c1cc(C(=O)OCC(=O)Nc2ccccc2F)c2cnn(C(C)C)c2n1. The molecule has 1 N–H and O–H groups in total. The minimum atomic E-state index is -0.661. The fourth-order valence-corrected chi connectivity index (χ4v) is 2.84. The number of amides is 1. The van der Waals surface area contributed by atoms with Gasteiger partial charge in [-0.2, -0.15) is 5.10 Å². The number of halogens is 1. The van der Waals surface area contributed by atoms with Gasteiger partial charge in [-0.3, -0.25) is 4.79 Å². The van der Waals surface area contributed by atoms with Crippen LogP contribution in [0.15, 0.2) is 36.5 Å². The number of rotatable bonds is 6. The molecule has 3 rings (SSSR count). The second-order valence-corrected chi connectivity index (χ2v) is 7.27. The third-order valence-corrected chi connectivity index (χ3v) is 4.37. The summed E-state index contributed by atoms with van der Waals surface area (Å²) < 4.78 is 20.6. The molecule has 2 heterocycles. The van der Waals surface area contributed by atoms with Gasteiger partial charge in [-0.25, -0.2) is 18.9 Å². The van der Waals surface area contributed by atoms with Crippen LogP contribution in [-0.2, 0) is 9.53 Å². The molecule has 7 nitrogen and oxygen atoms in total. The second kappa shape index (κ2) is 8.38. The molecule has 0 saturated carbocycles. The maximum absolute atomic E-state index is 13.6. The smallest absolute Gasteiger partial charge is 0.339 e. The fraction of sp³-hybridized carbons (Fsp3) is 0.333. The molecule has 3 aromatic rings. The molecule has 8 heteroatoms. The van der Waals surface area contributed by atoms with E-state index in [4.69, 9.17) is 4.74 Å². The van der Waals surface area contributed by atoms with Crippen molar-refractivity contribution in [1.29, 1.82) is 0 Å². The Bertz CT molecular complexity index is 1060. The van der Waals surface area contributed by atoms with Crippen molar-refractivity contribution < 1.29 is 18.7 Å². The highest BCUT2D eigenvalue weighted by Gasteiger charge is 2.20. The Morgan fingerprint density at radius 3 is 2.59 bits per heavy atom. The van der Waals surface area contributed by atoms with E-state index < -0.39 is 24.3 Å². The summed E-state index contributed by atoms with van der Waals surface area (Å²) in [6.45, 7) is 7.36. The number of nitrogens with zero attached hydrogens (tertiary/aromatic N) is 3. The first-order valence-electron chi connectivity index (χ1n) is 9.37. The first-order chi connectivity index (χ1) is 13.8. The Morgan fingerprint density at radius 2 is 1.93 bits per heavy atom. The number of nitrogens with one attached hydrogen (secondary N) is 1. The van der Waals surface area contributed by atoms with Crippen molar-refractivity contribution in [2.75, 3.05) is 11.9 Å². The second-order valence-electron chi connectivity index (χ2n) is 7.27. The number of carbonyl (C=O) groups is 2. The van der Waals surface area contributed by atoms with Gasteiger partial charge in [-0.05, 0) is 38.0 Å². The topological polar surface area (TPSA) is 86.1 Å². The molecule has 2 aromatic heterocycles. The van der Waals surface area contributed by atoms with E-state index in [1.54, 1.807) is 23.0 Å². The van der Waals surface area contributed by atoms with Crippen LogP contribution < -0.4 is 5.32 Å². The van der Waals surface area contributed by atoms with E-state index in [1.807, 2.05) is 27.7 Å². The van der Waals surface area contributed by atoms with Crippen LogP contribution in [0.3, 0.4) is 0 Å². The number of fused-ring (bicyclic) bond motifs is 1. The number of pyridine rings is 1. The van der Waals surface area contributed by atoms with Gasteiger partial charge in [0, 0.05) is 11.7 Å². The molecule has 0 saturated heterocycles. The maximum atomic E-state index is 13.6. The number of carbonyl (C=O) groups excluding carboxylic acids is 2. The molecule has 0 bridgehead atoms. The van der Waals surface area contributed by atoms with Crippen LogP contribution in [0, 0.1) is 5.82 Å². The van der Waals surface area contributed by atoms with E-state index >= 15 is 0 Å². The van der Waals surface area contributed by atoms with Gasteiger partial charge in [-0.1, -0.05) is 26.0 Å². The number of anilines is 1. The summed E-state index contributed by atoms with van der Waals surface area (Å²) in [5, 5.41) is 7.27. The van der Waals surface area contributed by atoms with Gasteiger partial charge in [0.2, 0.25) is 0 Å². The van der Waals surface area contributed by atoms with Crippen molar-refractivity contribution in [3.8, 4) is 0 Å². The summed E-state index contributed by atoms with van der Waals surface area (Å²) in [5.74, 6) is -1.77. The van der Waals surface area contributed by atoms with Gasteiger partial charge in [-0.15, -0.1) is 0 Å². The summed E-state index contributed by atoms with van der Waals surface area (Å²) >= 11 is 0. The number of aromatic nitrogens is 3. The van der Waals surface area contributed by atoms with Crippen molar-refractivity contribution in [1.82, 2.24) is 14.8 Å². The molecule has 0 fully saturated rings. The Balaban J connectivity index is 1.81. The molecule has 29 heavy (non-hydrogen) atoms. The Morgan fingerprint density at radius 1 is 1.21 bits per heavy atom. The Labute approximate surface area is 167 Å². The van der Waals surface area contributed by atoms with Crippen LogP contribution in [0.4, 0.5) is 10.1 Å². The van der Waals surface area contributed by atoms with E-state index in [1.165, 1.54) is 18.2 Å². The van der Waals surface area contributed by atoms with Crippen LogP contribution in [0.25, 0.3) is 11.0 Å². The minimum absolute atomic E-state index is 0.0279. The maximum Gasteiger partial charge on any atom is 0.339 e. The zero-order valence-electron chi connectivity index (χ0n) is 16.8. The van der Waals surface area contributed by atoms with Crippen molar-refractivity contribution >= 4 is 28.6 Å². The Hall–Kier alpha value is -3.29. The number of para-hydroxylation sites is 1. The number of esters is 1. The molecule has 0 aliphatic heterocycles. The van der Waals surface area contributed by atoms with Crippen LogP contribution in [0.2, 0.25) is 0 Å². The molecule has 1 amide bonds. The molecule has 0 spiro atoms. The molecule has 0 unspecified atom stereocenters. The lowest BCUT2D eigenvalue weighted by molar-refractivity contribution is -0.119. The highest BCUT2D eigenvalue weighted by Crippen LogP contribution is 2.25. The van der Waals surface area contributed by atoms with Crippen LogP contribution in [-0.4, -0.2) is 33.2 Å². The van der Waals surface area contributed by atoms with Gasteiger partial charge in [0.1, 0.15) is 5.82 Å². The molecule has 1 aromatic carbocycles. The average molecular weight is 398 g/mol. The average Bonchev–Trinajstić information content (AvgIpc) is 3.11. The van der Waals surface area contributed by atoms with Gasteiger partial charge in [0.05, 0.1) is 22.8 Å². The fourth-order valence-electron chi connectivity index (χ4n) is 2.84. The zero-order chi connectivity index (χ0) is 21.1. The van der Waals surface area contributed by atoms with Gasteiger partial charge in [0.15, 0.2) is 12.3 Å². The van der Waals surface area contributed by atoms with Crippen LogP contribution in [0.5, 0.6) is 0 Å². The number of ether oxygens (including phenoxy) is 1. The lowest BCUT2D eigenvalue weighted by atomic mass is 10.1. The molecular weight excluding hydrogens is 375 g/mol. The lowest BCUT2D eigenvalue weighted by Gasteiger charge is -2.12. The van der Waals surface area contributed by atoms with Crippen molar-refractivity contribution in [2.45, 2.75) is 39.7 Å². The van der Waals surface area contributed by atoms with E-state index in [2.05, 4.69) is 15.4 Å². The van der Waals surface area contributed by atoms with Gasteiger partial charge < -0.3 is 10.1 Å². The van der Waals surface area contributed by atoms with Crippen LogP contribution >= 0.6 is 0 Å². The number of hydrogen-bond acceptors (Lipinski definition) is 5. The largest absolute Gasteiger partial charge is 0.452 e. The summed E-state index contributed by atoms with van der Waals surface area (Å²) in [4.78, 5) is 29.4. The monoisotopic (exact) mass is 398 g/mol. The van der Waals surface area contributed by atoms with E-state index in [0.717, 1.165) is 5.69 Å². The molecule has 152 valence electrons.